The van der Waals surface area contributed by atoms with E-state index in [1.165, 1.54) is 49.9 Å². The average molecular weight is 290 g/mol. The molecule has 1 heterocycles. The molecule has 0 spiro atoms. The molecule has 1 aliphatic rings. The van der Waals surface area contributed by atoms with Gasteiger partial charge in [0, 0.05) is 18.5 Å². The summed E-state index contributed by atoms with van der Waals surface area (Å²) in [7, 11) is 1.73. The summed E-state index contributed by atoms with van der Waals surface area (Å²) in [5, 5.41) is 0. The molecule has 2 N–H and O–H groups in total. The molecule has 1 saturated heterocycles. The lowest BCUT2D eigenvalue weighted by Crippen LogP contribution is -2.45. The van der Waals surface area contributed by atoms with E-state index in [1.807, 2.05) is 0 Å². The third-order valence-corrected chi connectivity index (χ3v) is 4.74. The molecule has 0 amide bonds. The van der Waals surface area contributed by atoms with Gasteiger partial charge in [-0.05, 0) is 56.5 Å². The molecule has 0 saturated carbocycles. The van der Waals surface area contributed by atoms with Crippen LogP contribution in [0.5, 0.6) is 5.75 Å². The first-order valence-corrected chi connectivity index (χ1v) is 8.29. The summed E-state index contributed by atoms with van der Waals surface area (Å²) in [6.07, 6.45) is 5.15. The third-order valence-electron chi connectivity index (χ3n) is 4.74. The molecule has 118 valence electrons. The first-order chi connectivity index (χ1) is 10.2. The lowest BCUT2D eigenvalue weighted by Gasteiger charge is -2.40. The van der Waals surface area contributed by atoms with E-state index in [1.54, 1.807) is 7.11 Å². The maximum Gasteiger partial charge on any atom is 0.121 e. The molecule has 0 bridgehead atoms. The van der Waals surface area contributed by atoms with Gasteiger partial charge in [-0.2, -0.15) is 0 Å². The Labute approximate surface area is 129 Å². The van der Waals surface area contributed by atoms with Gasteiger partial charge in [0.2, 0.25) is 0 Å². The first-order valence-electron chi connectivity index (χ1n) is 8.29. The summed E-state index contributed by atoms with van der Waals surface area (Å²) in [5.74, 6) is 1.39. The van der Waals surface area contributed by atoms with Gasteiger partial charge in [-0.1, -0.05) is 25.5 Å². The van der Waals surface area contributed by atoms with Crippen molar-refractivity contribution < 1.29 is 4.74 Å². The Morgan fingerprint density at radius 1 is 1.38 bits per heavy atom. The van der Waals surface area contributed by atoms with Gasteiger partial charge < -0.3 is 10.5 Å². The van der Waals surface area contributed by atoms with Crippen LogP contribution in [0.1, 0.15) is 49.7 Å². The van der Waals surface area contributed by atoms with Crippen LogP contribution in [-0.4, -0.2) is 37.7 Å². The van der Waals surface area contributed by atoms with Crippen molar-refractivity contribution in [3.63, 3.8) is 0 Å². The van der Waals surface area contributed by atoms with Crippen molar-refractivity contribution in [2.24, 2.45) is 5.73 Å². The SMILES string of the molecule is CCCN1CCCCC1C(CN)c1ccc(OC)c(C)c1. The maximum absolute atomic E-state index is 6.16. The predicted octanol–water partition coefficient (Wildman–Crippen LogP) is 3.31. The molecule has 21 heavy (non-hydrogen) atoms. The predicted molar refractivity (Wildman–Crippen MR) is 89.0 cm³/mol. The fourth-order valence-electron chi connectivity index (χ4n) is 3.68. The molecule has 0 aliphatic carbocycles. The smallest absolute Gasteiger partial charge is 0.121 e. The number of likely N-dealkylation sites (tertiary alicyclic amines) is 1. The van der Waals surface area contributed by atoms with Crippen LogP contribution in [0, 0.1) is 6.92 Å². The van der Waals surface area contributed by atoms with Gasteiger partial charge in [0.25, 0.3) is 0 Å². The summed E-state index contributed by atoms with van der Waals surface area (Å²) >= 11 is 0. The Hall–Kier alpha value is -1.06. The molecule has 0 aromatic heterocycles. The van der Waals surface area contributed by atoms with Gasteiger partial charge in [-0.15, -0.1) is 0 Å². The quantitative estimate of drug-likeness (QED) is 0.873. The van der Waals surface area contributed by atoms with Crippen LogP contribution >= 0.6 is 0 Å². The zero-order valence-corrected chi connectivity index (χ0v) is 13.8. The Bertz CT molecular complexity index is 445. The second-order valence-electron chi connectivity index (χ2n) is 6.17. The van der Waals surface area contributed by atoms with Gasteiger partial charge >= 0.3 is 0 Å². The number of piperidine rings is 1. The van der Waals surface area contributed by atoms with Crippen LogP contribution in [0.2, 0.25) is 0 Å². The molecular weight excluding hydrogens is 260 g/mol. The maximum atomic E-state index is 6.16. The number of hydrogen-bond acceptors (Lipinski definition) is 3. The number of nitrogens with zero attached hydrogens (tertiary/aromatic N) is 1. The molecule has 3 heteroatoms. The molecule has 3 nitrogen and oxygen atoms in total. The summed E-state index contributed by atoms with van der Waals surface area (Å²) in [4.78, 5) is 2.65. The minimum Gasteiger partial charge on any atom is -0.496 e. The van der Waals surface area contributed by atoms with Crippen LogP contribution in [-0.2, 0) is 0 Å². The fourth-order valence-corrected chi connectivity index (χ4v) is 3.68. The Morgan fingerprint density at radius 3 is 2.81 bits per heavy atom. The second kappa shape index (κ2) is 7.81. The van der Waals surface area contributed by atoms with Gasteiger partial charge in [0.05, 0.1) is 7.11 Å². The summed E-state index contributed by atoms with van der Waals surface area (Å²) in [6.45, 7) is 7.51. The number of hydrogen-bond donors (Lipinski definition) is 1. The Kier molecular flexibility index (Phi) is 6.07. The molecule has 0 radical (unpaired) electrons. The van der Waals surface area contributed by atoms with E-state index < -0.39 is 0 Å². The lowest BCUT2D eigenvalue weighted by molar-refractivity contribution is 0.127. The van der Waals surface area contributed by atoms with E-state index in [4.69, 9.17) is 10.5 Å². The second-order valence-corrected chi connectivity index (χ2v) is 6.17. The largest absolute Gasteiger partial charge is 0.496 e. The van der Waals surface area contributed by atoms with E-state index >= 15 is 0 Å². The number of methoxy groups -OCH3 is 1. The van der Waals surface area contributed by atoms with Crippen LogP contribution in [0.15, 0.2) is 18.2 Å². The summed E-state index contributed by atoms with van der Waals surface area (Å²) in [5.41, 5.74) is 8.72. The highest BCUT2D eigenvalue weighted by atomic mass is 16.5. The highest BCUT2D eigenvalue weighted by molar-refractivity contribution is 5.38. The number of rotatable bonds is 6. The molecular formula is C18H30N2O. The monoisotopic (exact) mass is 290 g/mol. The fraction of sp³-hybridized carbons (Fsp3) is 0.667. The van der Waals surface area contributed by atoms with Crippen molar-refractivity contribution >= 4 is 0 Å². The molecule has 1 aromatic rings. The minimum absolute atomic E-state index is 0.432. The van der Waals surface area contributed by atoms with E-state index in [-0.39, 0.29) is 0 Å². The Balaban J connectivity index is 2.22. The normalized spacial score (nSPS) is 21.2. The van der Waals surface area contributed by atoms with Crippen LogP contribution in [0.25, 0.3) is 0 Å². The lowest BCUT2D eigenvalue weighted by atomic mass is 9.84. The van der Waals surface area contributed by atoms with Crippen molar-refractivity contribution in [3.05, 3.63) is 29.3 Å². The van der Waals surface area contributed by atoms with Crippen molar-refractivity contribution in [3.8, 4) is 5.75 Å². The van der Waals surface area contributed by atoms with Crippen LogP contribution in [0.4, 0.5) is 0 Å². The van der Waals surface area contributed by atoms with Gasteiger partial charge in [0.15, 0.2) is 0 Å². The highest BCUT2D eigenvalue weighted by Gasteiger charge is 2.29. The van der Waals surface area contributed by atoms with Crippen LogP contribution < -0.4 is 10.5 Å². The van der Waals surface area contributed by atoms with Crippen molar-refractivity contribution in [1.82, 2.24) is 4.90 Å². The molecule has 2 rings (SSSR count). The molecule has 1 aliphatic heterocycles. The van der Waals surface area contributed by atoms with E-state index in [9.17, 15) is 0 Å². The summed E-state index contributed by atoms with van der Waals surface area (Å²) < 4.78 is 5.38. The van der Waals surface area contributed by atoms with Crippen molar-refractivity contribution in [2.45, 2.75) is 51.5 Å². The standard InChI is InChI=1S/C18H30N2O/c1-4-10-20-11-6-5-7-17(20)16(13-19)15-8-9-18(21-3)14(2)12-15/h8-9,12,16-17H,4-7,10-11,13,19H2,1-3H3. The van der Waals surface area contributed by atoms with Gasteiger partial charge in [-0.25, -0.2) is 0 Å². The molecule has 2 atom stereocenters. The molecule has 2 unspecified atom stereocenters. The highest BCUT2D eigenvalue weighted by Crippen LogP contribution is 2.32. The van der Waals surface area contributed by atoms with E-state index in [0.717, 1.165) is 12.3 Å². The molecule has 1 aromatic carbocycles. The average Bonchev–Trinajstić information content (AvgIpc) is 2.50. The number of ether oxygens (including phenoxy) is 1. The number of nitrogens with two attached hydrogens (primary N) is 1. The topological polar surface area (TPSA) is 38.5 Å². The number of aryl methyl sites for hydroxylation is 1. The van der Waals surface area contributed by atoms with Gasteiger partial charge in [-0.3, -0.25) is 4.90 Å². The van der Waals surface area contributed by atoms with Crippen LogP contribution in [0.3, 0.4) is 0 Å². The van der Waals surface area contributed by atoms with E-state index in [2.05, 4.69) is 36.9 Å². The molecule has 1 fully saturated rings. The van der Waals surface area contributed by atoms with Crippen molar-refractivity contribution in [2.75, 3.05) is 26.7 Å². The summed E-state index contributed by atoms with van der Waals surface area (Å²) in [6, 6.07) is 7.13. The minimum atomic E-state index is 0.432. The van der Waals surface area contributed by atoms with Crippen molar-refractivity contribution in [1.29, 1.82) is 0 Å². The van der Waals surface area contributed by atoms with Gasteiger partial charge in [0.1, 0.15) is 5.75 Å². The zero-order valence-electron chi connectivity index (χ0n) is 13.8. The number of benzene rings is 1. The zero-order chi connectivity index (χ0) is 15.2. The van der Waals surface area contributed by atoms with E-state index in [0.29, 0.717) is 12.0 Å². The Morgan fingerprint density at radius 2 is 2.19 bits per heavy atom. The third kappa shape index (κ3) is 3.78. The first kappa shape index (κ1) is 16.3.